The summed E-state index contributed by atoms with van der Waals surface area (Å²) in [5.74, 6) is 1.23. The van der Waals surface area contributed by atoms with Crippen molar-refractivity contribution in [2.24, 2.45) is 0 Å². The van der Waals surface area contributed by atoms with E-state index in [4.69, 9.17) is 4.74 Å². The molecule has 2 heterocycles. The fourth-order valence-electron chi connectivity index (χ4n) is 3.75. The van der Waals surface area contributed by atoms with E-state index in [1.165, 1.54) is 18.4 Å². The lowest BCUT2D eigenvalue weighted by Crippen LogP contribution is -2.42. The normalized spacial score (nSPS) is 23.1. The quantitative estimate of drug-likeness (QED) is 0.897. The van der Waals surface area contributed by atoms with Gasteiger partial charge in [-0.25, -0.2) is 0 Å². The minimum atomic E-state index is 0. The van der Waals surface area contributed by atoms with Crippen LogP contribution < -0.4 is 10.1 Å². The highest BCUT2D eigenvalue weighted by atomic mass is 35.5. The van der Waals surface area contributed by atoms with Crippen molar-refractivity contribution < 1.29 is 9.53 Å². The van der Waals surface area contributed by atoms with Crippen LogP contribution in [0.5, 0.6) is 5.75 Å². The second kappa shape index (κ2) is 8.55. The van der Waals surface area contributed by atoms with Gasteiger partial charge in [-0.15, -0.1) is 12.4 Å². The van der Waals surface area contributed by atoms with Gasteiger partial charge < -0.3 is 15.0 Å². The van der Waals surface area contributed by atoms with Crippen LogP contribution in [0.4, 0.5) is 0 Å². The molecule has 128 valence electrons. The third-order valence-electron chi connectivity index (χ3n) is 4.96. The second-order valence-electron chi connectivity index (χ2n) is 6.38. The van der Waals surface area contributed by atoms with Crippen molar-refractivity contribution in [2.75, 3.05) is 20.2 Å². The van der Waals surface area contributed by atoms with Crippen molar-refractivity contribution in [3.8, 4) is 5.75 Å². The van der Waals surface area contributed by atoms with Crippen LogP contribution in [0.3, 0.4) is 0 Å². The molecule has 3 rings (SSSR count). The van der Waals surface area contributed by atoms with Crippen LogP contribution in [0.2, 0.25) is 0 Å². The van der Waals surface area contributed by atoms with Crippen LogP contribution in [-0.4, -0.2) is 43.1 Å². The maximum Gasteiger partial charge on any atom is 0.223 e. The van der Waals surface area contributed by atoms with E-state index >= 15 is 0 Å². The predicted octanol–water partition coefficient (Wildman–Crippen LogP) is 2.79. The lowest BCUT2D eigenvalue weighted by Gasteiger charge is -2.28. The number of hydrogen-bond acceptors (Lipinski definition) is 3. The number of carbonyl (C=O) groups excluding carboxylic acids is 1. The van der Waals surface area contributed by atoms with Crippen LogP contribution in [0.25, 0.3) is 0 Å². The van der Waals surface area contributed by atoms with E-state index in [9.17, 15) is 4.79 Å². The van der Waals surface area contributed by atoms with Crippen LogP contribution >= 0.6 is 12.4 Å². The molecule has 2 aliphatic heterocycles. The van der Waals surface area contributed by atoms with Gasteiger partial charge in [0.1, 0.15) is 5.75 Å². The molecule has 4 nitrogen and oxygen atoms in total. The van der Waals surface area contributed by atoms with Crippen molar-refractivity contribution in [1.82, 2.24) is 10.2 Å². The van der Waals surface area contributed by atoms with Gasteiger partial charge in [0.15, 0.2) is 0 Å². The monoisotopic (exact) mass is 338 g/mol. The first-order valence-corrected chi connectivity index (χ1v) is 8.43. The zero-order valence-corrected chi connectivity index (χ0v) is 14.6. The summed E-state index contributed by atoms with van der Waals surface area (Å²) in [7, 11) is 1.68. The highest BCUT2D eigenvalue weighted by molar-refractivity contribution is 5.85. The standard InChI is InChI=1S/C18H26N2O2.ClH/c1-22-17-9-5-14(6-10-17)3-2-4-18(21)20-15-7-8-16(20)13-19-12-11-15;/h5-6,9-10,15-16,19H,2-4,7-8,11-13H2,1H3;1H. The summed E-state index contributed by atoms with van der Waals surface area (Å²) < 4.78 is 5.17. The number of methoxy groups -OCH3 is 1. The fourth-order valence-corrected chi connectivity index (χ4v) is 3.75. The Kier molecular flexibility index (Phi) is 6.72. The van der Waals surface area contributed by atoms with Crippen LogP contribution in [0.15, 0.2) is 24.3 Å². The molecular formula is C18H27ClN2O2. The highest BCUT2D eigenvalue weighted by Gasteiger charge is 2.37. The third kappa shape index (κ3) is 4.39. The molecule has 0 radical (unpaired) electrons. The Morgan fingerprint density at radius 1 is 1.22 bits per heavy atom. The molecule has 0 spiro atoms. The largest absolute Gasteiger partial charge is 0.497 e. The molecule has 2 aliphatic rings. The maximum absolute atomic E-state index is 12.6. The van der Waals surface area contributed by atoms with Gasteiger partial charge in [0.2, 0.25) is 5.91 Å². The van der Waals surface area contributed by atoms with Gasteiger partial charge in [-0.3, -0.25) is 4.79 Å². The van der Waals surface area contributed by atoms with E-state index < -0.39 is 0 Å². The number of nitrogens with one attached hydrogen (secondary N) is 1. The molecule has 23 heavy (non-hydrogen) atoms. The minimum absolute atomic E-state index is 0. The summed E-state index contributed by atoms with van der Waals surface area (Å²) in [4.78, 5) is 14.8. The van der Waals surface area contributed by atoms with E-state index in [1.54, 1.807) is 7.11 Å². The average Bonchev–Trinajstić information content (AvgIpc) is 2.81. The number of carbonyl (C=O) groups is 1. The molecule has 2 atom stereocenters. The molecule has 5 heteroatoms. The molecule has 2 unspecified atom stereocenters. The van der Waals surface area contributed by atoms with Gasteiger partial charge in [-0.2, -0.15) is 0 Å². The smallest absolute Gasteiger partial charge is 0.223 e. The van der Waals surface area contributed by atoms with E-state index in [1.807, 2.05) is 12.1 Å². The molecule has 0 saturated carbocycles. The van der Waals surface area contributed by atoms with E-state index in [0.717, 1.165) is 38.1 Å². The van der Waals surface area contributed by atoms with Crippen molar-refractivity contribution in [2.45, 2.75) is 50.6 Å². The molecule has 1 aromatic rings. The average molecular weight is 339 g/mol. The number of halogens is 1. The summed E-state index contributed by atoms with van der Waals surface area (Å²) in [5.41, 5.74) is 1.27. The molecule has 2 bridgehead atoms. The summed E-state index contributed by atoms with van der Waals surface area (Å²) in [5, 5.41) is 3.45. The number of fused-ring (bicyclic) bond motifs is 2. The van der Waals surface area contributed by atoms with Gasteiger partial charge in [0.25, 0.3) is 0 Å². The molecule has 1 N–H and O–H groups in total. The molecule has 0 aliphatic carbocycles. The Bertz CT molecular complexity index is 492. The Morgan fingerprint density at radius 3 is 2.70 bits per heavy atom. The van der Waals surface area contributed by atoms with Crippen molar-refractivity contribution in [3.05, 3.63) is 29.8 Å². The molecule has 1 aromatic carbocycles. The maximum atomic E-state index is 12.6. The Hall–Kier alpha value is -1.26. The number of aryl methyl sites for hydroxylation is 1. The molecule has 2 saturated heterocycles. The lowest BCUT2D eigenvalue weighted by molar-refractivity contribution is -0.133. The Labute approximate surface area is 145 Å². The number of amides is 1. The summed E-state index contributed by atoms with van der Waals surface area (Å²) in [6.45, 7) is 2.03. The van der Waals surface area contributed by atoms with Crippen molar-refractivity contribution in [1.29, 1.82) is 0 Å². The summed E-state index contributed by atoms with van der Waals surface area (Å²) in [6, 6.07) is 9.05. The minimum Gasteiger partial charge on any atom is -0.497 e. The predicted molar refractivity (Wildman–Crippen MR) is 94.3 cm³/mol. The number of ether oxygens (including phenoxy) is 1. The molecular weight excluding hydrogens is 312 g/mol. The first-order valence-electron chi connectivity index (χ1n) is 8.43. The number of rotatable bonds is 5. The number of benzene rings is 1. The lowest BCUT2D eigenvalue weighted by atomic mass is 10.1. The zero-order chi connectivity index (χ0) is 15.4. The van der Waals surface area contributed by atoms with Gasteiger partial charge in [0.05, 0.1) is 7.11 Å². The fraction of sp³-hybridized carbons (Fsp3) is 0.611. The summed E-state index contributed by atoms with van der Waals surface area (Å²) >= 11 is 0. The first kappa shape index (κ1) is 18.1. The molecule has 0 aromatic heterocycles. The van der Waals surface area contributed by atoms with E-state index in [-0.39, 0.29) is 12.4 Å². The SMILES string of the molecule is COc1ccc(CCCC(=O)N2C3CCNCC2CC3)cc1.Cl. The van der Waals surface area contributed by atoms with Crippen LogP contribution in [-0.2, 0) is 11.2 Å². The number of nitrogens with zero attached hydrogens (tertiary/aromatic N) is 1. The van der Waals surface area contributed by atoms with Crippen molar-refractivity contribution in [3.63, 3.8) is 0 Å². The Morgan fingerprint density at radius 2 is 1.96 bits per heavy atom. The highest BCUT2D eigenvalue weighted by Crippen LogP contribution is 2.28. The Balaban J connectivity index is 0.00000192. The number of hydrogen-bond donors (Lipinski definition) is 1. The van der Waals surface area contributed by atoms with Crippen molar-refractivity contribution >= 4 is 18.3 Å². The van der Waals surface area contributed by atoms with Gasteiger partial charge in [-0.05, 0) is 56.3 Å². The van der Waals surface area contributed by atoms with E-state index in [2.05, 4.69) is 22.3 Å². The first-order chi connectivity index (χ1) is 10.8. The third-order valence-corrected chi connectivity index (χ3v) is 4.96. The molecule has 2 fully saturated rings. The van der Waals surface area contributed by atoms with Crippen LogP contribution in [0, 0.1) is 0 Å². The molecule has 1 amide bonds. The topological polar surface area (TPSA) is 41.6 Å². The van der Waals surface area contributed by atoms with E-state index in [0.29, 0.717) is 24.4 Å². The van der Waals surface area contributed by atoms with Gasteiger partial charge in [-0.1, -0.05) is 12.1 Å². The summed E-state index contributed by atoms with van der Waals surface area (Å²) in [6.07, 6.45) is 6.02. The van der Waals surface area contributed by atoms with Gasteiger partial charge >= 0.3 is 0 Å². The van der Waals surface area contributed by atoms with Gasteiger partial charge in [0, 0.05) is 25.0 Å². The zero-order valence-electron chi connectivity index (χ0n) is 13.8. The van der Waals surface area contributed by atoms with Crippen LogP contribution in [0.1, 0.15) is 37.7 Å². The second-order valence-corrected chi connectivity index (χ2v) is 6.38.